The van der Waals surface area contributed by atoms with E-state index < -0.39 is 0 Å². The normalized spacial score (nSPS) is 21.0. The van der Waals surface area contributed by atoms with Gasteiger partial charge in [0.15, 0.2) is 0 Å². The molecule has 1 fully saturated rings. The number of halogens is 4. The van der Waals surface area contributed by atoms with Gasteiger partial charge in [-0.3, -0.25) is 0 Å². The average Bonchev–Trinajstić information content (AvgIpc) is 2.40. The van der Waals surface area contributed by atoms with Crippen LogP contribution in [0.1, 0.15) is 24.3 Å². The molecule has 110 valence electrons. The maximum atomic E-state index is 6.19. The quantitative estimate of drug-likeness (QED) is 0.556. The Kier molecular flexibility index (Phi) is 4.70. The molecule has 1 aliphatic rings. The van der Waals surface area contributed by atoms with Gasteiger partial charge in [0.2, 0.25) is 0 Å². The molecule has 1 saturated carbocycles. The van der Waals surface area contributed by atoms with Crippen LogP contribution in [0, 0.1) is 0 Å². The molecule has 2 aromatic carbocycles. The molecule has 1 aliphatic carbocycles. The van der Waals surface area contributed by atoms with Crippen molar-refractivity contribution in [2.45, 2.75) is 24.8 Å². The minimum atomic E-state index is 0.414. The zero-order valence-electron chi connectivity index (χ0n) is 11.0. The van der Waals surface area contributed by atoms with Gasteiger partial charge in [-0.25, -0.2) is 0 Å². The van der Waals surface area contributed by atoms with Gasteiger partial charge in [-0.05, 0) is 42.5 Å². The third-order valence-electron chi connectivity index (χ3n) is 3.85. The maximum absolute atomic E-state index is 6.19. The Hall–Kier alpha value is -0.410. The number of hydrogen-bond donors (Lipinski definition) is 1. The monoisotopic (exact) mass is 403 g/mol. The number of hydrogen-bond acceptors (Lipinski definition) is 1. The van der Waals surface area contributed by atoms with Crippen molar-refractivity contribution in [1.82, 2.24) is 0 Å². The van der Waals surface area contributed by atoms with Gasteiger partial charge in [-0.1, -0.05) is 68.9 Å². The van der Waals surface area contributed by atoms with Crippen LogP contribution in [0.5, 0.6) is 0 Å². The van der Waals surface area contributed by atoms with Crippen molar-refractivity contribution in [3.8, 4) is 0 Å². The Morgan fingerprint density at radius 1 is 0.952 bits per heavy atom. The van der Waals surface area contributed by atoms with Crippen molar-refractivity contribution >= 4 is 56.4 Å². The Bertz CT molecular complexity index is 669. The molecule has 0 aromatic heterocycles. The minimum Gasteiger partial charge on any atom is -0.381 e. The Morgan fingerprint density at radius 2 is 1.62 bits per heavy atom. The van der Waals surface area contributed by atoms with Crippen LogP contribution >= 0.6 is 50.7 Å². The third-order valence-corrected chi connectivity index (χ3v) is 5.61. The number of benzene rings is 2. The molecular weight excluding hydrogens is 392 g/mol. The highest BCUT2D eigenvalue weighted by Crippen LogP contribution is 2.42. The van der Waals surface area contributed by atoms with Crippen LogP contribution in [-0.4, -0.2) is 6.04 Å². The van der Waals surface area contributed by atoms with Crippen LogP contribution in [-0.2, 0) is 0 Å². The highest BCUT2D eigenvalue weighted by atomic mass is 79.9. The lowest BCUT2D eigenvalue weighted by atomic mass is 9.76. The Morgan fingerprint density at radius 3 is 2.33 bits per heavy atom. The lowest BCUT2D eigenvalue weighted by molar-refractivity contribution is 0.373. The molecule has 0 aliphatic heterocycles. The van der Waals surface area contributed by atoms with E-state index in [9.17, 15) is 0 Å². The highest BCUT2D eigenvalue weighted by molar-refractivity contribution is 9.10. The highest BCUT2D eigenvalue weighted by Gasteiger charge is 2.31. The molecule has 0 atom stereocenters. The van der Waals surface area contributed by atoms with Crippen molar-refractivity contribution in [1.29, 1.82) is 0 Å². The number of anilines is 1. The maximum Gasteiger partial charge on any atom is 0.0653 e. The van der Waals surface area contributed by atoms with E-state index >= 15 is 0 Å². The minimum absolute atomic E-state index is 0.414. The summed E-state index contributed by atoms with van der Waals surface area (Å²) in [5.74, 6) is 0.583. The summed E-state index contributed by atoms with van der Waals surface area (Å²) in [7, 11) is 0. The first-order valence-corrected chi connectivity index (χ1v) is 8.63. The van der Waals surface area contributed by atoms with E-state index in [0.29, 0.717) is 27.0 Å². The SMILES string of the molecule is Clc1cc(Cl)c(NC2CC(c3ccccc3Br)C2)cc1Cl. The Labute approximate surface area is 147 Å². The summed E-state index contributed by atoms with van der Waals surface area (Å²) in [5.41, 5.74) is 2.22. The predicted molar refractivity (Wildman–Crippen MR) is 95.0 cm³/mol. The molecule has 2 aromatic rings. The lowest BCUT2D eigenvalue weighted by Crippen LogP contribution is -2.34. The summed E-state index contributed by atoms with van der Waals surface area (Å²) in [6, 6.07) is 12.3. The van der Waals surface area contributed by atoms with Gasteiger partial charge in [0, 0.05) is 10.5 Å². The van der Waals surface area contributed by atoms with Crippen molar-refractivity contribution in [3.63, 3.8) is 0 Å². The van der Waals surface area contributed by atoms with Crippen LogP contribution in [0.25, 0.3) is 0 Å². The zero-order chi connectivity index (χ0) is 15.0. The molecule has 3 rings (SSSR count). The van der Waals surface area contributed by atoms with E-state index in [1.165, 1.54) is 10.0 Å². The molecule has 0 radical (unpaired) electrons. The standard InChI is InChI=1S/C16H13BrCl3N/c17-12-4-2-1-3-11(12)9-5-10(6-9)21-16-8-14(19)13(18)7-15(16)20/h1-4,7-10,21H,5-6H2. The molecule has 0 bridgehead atoms. The van der Waals surface area contributed by atoms with Crippen LogP contribution in [0.3, 0.4) is 0 Å². The van der Waals surface area contributed by atoms with Gasteiger partial charge in [0.25, 0.3) is 0 Å². The summed E-state index contributed by atoms with van der Waals surface area (Å²) in [4.78, 5) is 0. The van der Waals surface area contributed by atoms with E-state index in [-0.39, 0.29) is 0 Å². The van der Waals surface area contributed by atoms with Gasteiger partial charge in [-0.15, -0.1) is 0 Å². The van der Waals surface area contributed by atoms with E-state index in [4.69, 9.17) is 34.8 Å². The molecule has 21 heavy (non-hydrogen) atoms. The first-order valence-electron chi connectivity index (χ1n) is 6.70. The van der Waals surface area contributed by atoms with E-state index in [2.05, 4.69) is 39.4 Å². The van der Waals surface area contributed by atoms with Crippen molar-refractivity contribution < 1.29 is 0 Å². The summed E-state index contributed by atoms with van der Waals surface area (Å²) >= 11 is 21.8. The molecular formula is C16H13BrCl3N. The predicted octanol–water partition coefficient (Wildman–Crippen LogP) is 6.77. The fraction of sp³-hybridized carbons (Fsp3) is 0.250. The van der Waals surface area contributed by atoms with Crippen molar-refractivity contribution in [3.05, 3.63) is 61.5 Å². The third kappa shape index (κ3) is 3.34. The van der Waals surface area contributed by atoms with Crippen LogP contribution < -0.4 is 5.32 Å². The summed E-state index contributed by atoms with van der Waals surface area (Å²) in [6.07, 6.45) is 2.17. The largest absolute Gasteiger partial charge is 0.381 e. The Balaban J connectivity index is 1.65. The molecule has 0 heterocycles. The fourth-order valence-corrected chi connectivity index (χ4v) is 3.86. The number of rotatable bonds is 3. The van der Waals surface area contributed by atoms with E-state index in [0.717, 1.165) is 18.5 Å². The molecule has 5 heteroatoms. The first-order chi connectivity index (χ1) is 10.0. The van der Waals surface area contributed by atoms with Gasteiger partial charge < -0.3 is 5.32 Å². The van der Waals surface area contributed by atoms with E-state index in [1.807, 2.05) is 6.07 Å². The average molecular weight is 406 g/mol. The second kappa shape index (κ2) is 6.37. The van der Waals surface area contributed by atoms with Crippen molar-refractivity contribution in [2.24, 2.45) is 0 Å². The van der Waals surface area contributed by atoms with Gasteiger partial charge in [-0.2, -0.15) is 0 Å². The molecule has 0 spiro atoms. The van der Waals surface area contributed by atoms with E-state index in [1.54, 1.807) is 12.1 Å². The zero-order valence-corrected chi connectivity index (χ0v) is 14.9. The first kappa shape index (κ1) is 15.5. The van der Waals surface area contributed by atoms with Crippen LogP contribution in [0.15, 0.2) is 40.9 Å². The van der Waals surface area contributed by atoms with Crippen molar-refractivity contribution in [2.75, 3.05) is 5.32 Å². The molecule has 1 N–H and O–H groups in total. The molecule has 1 nitrogen and oxygen atoms in total. The van der Waals surface area contributed by atoms with Crippen LogP contribution in [0.2, 0.25) is 15.1 Å². The second-order valence-corrected chi connectivity index (χ2v) is 7.35. The molecule has 0 unspecified atom stereocenters. The van der Waals surface area contributed by atoms with Gasteiger partial charge in [0.05, 0.1) is 20.8 Å². The van der Waals surface area contributed by atoms with Gasteiger partial charge in [0.1, 0.15) is 0 Å². The number of nitrogens with one attached hydrogen (secondary N) is 1. The summed E-state index contributed by atoms with van der Waals surface area (Å²) in [6.45, 7) is 0. The topological polar surface area (TPSA) is 12.0 Å². The fourth-order valence-electron chi connectivity index (χ4n) is 2.65. The summed E-state index contributed by atoms with van der Waals surface area (Å²) in [5, 5.41) is 5.05. The summed E-state index contributed by atoms with van der Waals surface area (Å²) < 4.78 is 1.18. The smallest absolute Gasteiger partial charge is 0.0653 e. The van der Waals surface area contributed by atoms with Gasteiger partial charge >= 0.3 is 0 Å². The molecule has 0 saturated heterocycles. The lowest BCUT2D eigenvalue weighted by Gasteiger charge is -2.37. The second-order valence-electron chi connectivity index (χ2n) is 5.28. The van der Waals surface area contributed by atoms with Crippen LogP contribution in [0.4, 0.5) is 5.69 Å². The molecule has 0 amide bonds.